The van der Waals surface area contributed by atoms with Crippen molar-refractivity contribution >= 4 is 28.9 Å². The zero-order valence-electron chi connectivity index (χ0n) is 10.9. The molecule has 1 aliphatic rings. The van der Waals surface area contributed by atoms with Crippen molar-refractivity contribution in [3.05, 3.63) is 51.2 Å². The molecule has 1 aromatic carbocycles. The van der Waals surface area contributed by atoms with Crippen LogP contribution in [0.5, 0.6) is 0 Å². The fourth-order valence-corrected chi connectivity index (χ4v) is 3.24. The number of thiophene rings is 1. The lowest BCUT2D eigenvalue weighted by Gasteiger charge is -2.16. The van der Waals surface area contributed by atoms with Crippen LogP contribution in [0.1, 0.15) is 30.5 Å². The van der Waals surface area contributed by atoms with E-state index in [2.05, 4.69) is 0 Å². The zero-order valence-corrected chi connectivity index (χ0v) is 11.7. The number of carboxylic acid groups (broad SMARTS) is 1. The molecule has 5 heteroatoms. The van der Waals surface area contributed by atoms with Crippen molar-refractivity contribution in [2.24, 2.45) is 0 Å². The number of carbonyl (C=O) groups excluding carboxylic acids is 1. The molecule has 2 aromatic rings. The van der Waals surface area contributed by atoms with E-state index in [4.69, 9.17) is 5.11 Å². The van der Waals surface area contributed by atoms with E-state index < -0.39 is 5.97 Å². The number of rotatable bonds is 2. The fourth-order valence-electron chi connectivity index (χ4n) is 2.43. The van der Waals surface area contributed by atoms with E-state index in [1.165, 1.54) is 11.3 Å². The van der Waals surface area contributed by atoms with Crippen molar-refractivity contribution in [2.45, 2.75) is 13.3 Å². The second-order valence-electron chi connectivity index (χ2n) is 4.77. The van der Waals surface area contributed by atoms with Crippen LogP contribution in [0.3, 0.4) is 0 Å². The van der Waals surface area contributed by atoms with Gasteiger partial charge in [0, 0.05) is 17.1 Å². The van der Waals surface area contributed by atoms with Crippen LogP contribution in [0.15, 0.2) is 30.3 Å². The molecule has 2 heterocycles. The maximum absolute atomic E-state index is 12.5. The summed E-state index contributed by atoms with van der Waals surface area (Å²) in [5.74, 6) is -0.948. The number of amides is 1. The van der Waals surface area contributed by atoms with Gasteiger partial charge >= 0.3 is 5.97 Å². The van der Waals surface area contributed by atoms with E-state index in [1.54, 1.807) is 23.1 Å². The summed E-state index contributed by atoms with van der Waals surface area (Å²) in [5, 5.41) is 8.99. The van der Waals surface area contributed by atoms with Gasteiger partial charge < -0.3 is 10.0 Å². The first-order valence-corrected chi connectivity index (χ1v) is 7.12. The number of anilines is 1. The minimum atomic E-state index is -0.938. The summed E-state index contributed by atoms with van der Waals surface area (Å²) in [7, 11) is 0. The van der Waals surface area contributed by atoms with Crippen molar-refractivity contribution in [1.82, 2.24) is 0 Å². The molecule has 0 fully saturated rings. The van der Waals surface area contributed by atoms with Gasteiger partial charge in [-0.05, 0) is 49.2 Å². The van der Waals surface area contributed by atoms with Crippen molar-refractivity contribution in [1.29, 1.82) is 0 Å². The second-order valence-corrected chi connectivity index (χ2v) is 6.05. The van der Waals surface area contributed by atoms with Crippen LogP contribution in [0.4, 0.5) is 5.69 Å². The minimum Gasteiger partial charge on any atom is -0.478 e. The highest BCUT2D eigenvalue weighted by Gasteiger charge is 2.27. The maximum atomic E-state index is 12.5. The molecule has 1 aliphatic heterocycles. The van der Waals surface area contributed by atoms with E-state index in [-0.39, 0.29) is 11.5 Å². The van der Waals surface area contributed by atoms with E-state index in [0.717, 1.165) is 21.0 Å². The van der Waals surface area contributed by atoms with Gasteiger partial charge in [-0.2, -0.15) is 0 Å². The second kappa shape index (κ2) is 4.76. The summed E-state index contributed by atoms with van der Waals surface area (Å²) in [5.41, 5.74) is 2.02. The first-order valence-electron chi connectivity index (χ1n) is 6.31. The Labute approximate surface area is 120 Å². The van der Waals surface area contributed by atoms with Crippen LogP contribution in [-0.2, 0) is 6.42 Å². The molecule has 1 amide bonds. The Bertz CT molecular complexity index is 705. The molecule has 0 spiro atoms. The Morgan fingerprint density at radius 3 is 2.70 bits per heavy atom. The third kappa shape index (κ3) is 2.10. The van der Waals surface area contributed by atoms with Crippen LogP contribution in [0.2, 0.25) is 0 Å². The number of aromatic carboxylic acids is 1. The smallest absolute Gasteiger partial charge is 0.335 e. The van der Waals surface area contributed by atoms with Crippen LogP contribution < -0.4 is 4.90 Å². The molecule has 1 aromatic heterocycles. The number of carboxylic acids is 1. The molecule has 1 N–H and O–H groups in total. The minimum absolute atomic E-state index is 0.00933. The van der Waals surface area contributed by atoms with Gasteiger partial charge in [0.15, 0.2) is 0 Å². The third-order valence-electron chi connectivity index (χ3n) is 3.42. The number of fused-ring (bicyclic) bond motifs is 1. The Balaban J connectivity index is 1.93. The maximum Gasteiger partial charge on any atom is 0.335 e. The number of hydrogen-bond donors (Lipinski definition) is 1. The van der Waals surface area contributed by atoms with Gasteiger partial charge in [-0.15, -0.1) is 11.3 Å². The van der Waals surface area contributed by atoms with Gasteiger partial charge in [0.05, 0.1) is 10.4 Å². The van der Waals surface area contributed by atoms with Crippen LogP contribution in [-0.4, -0.2) is 23.5 Å². The summed E-state index contributed by atoms with van der Waals surface area (Å²) in [6.45, 7) is 2.58. The van der Waals surface area contributed by atoms with Gasteiger partial charge in [-0.3, -0.25) is 4.79 Å². The summed E-state index contributed by atoms with van der Waals surface area (Å²) in [4.78, 5) is 27.0. The standard InChI is InChI=1S/C15H13NO3S/c1-9-2-5-13(20-9)14(17)16-7-6-10-8-11(15(18)19)3-4-12(10)16/h2-5,8H,6-7H2,1H3,(H,18,19). The molecular formula is C15H13NO3S. The normalized spacial score (nSPS) is 13.3. The topological polar surface area (TPSA) is 57.6 Å². The molecule has 102 valence electrons. The lowest BCUT2D eigenvalue weighted by Crippen LogP contribution is -2.28. The van der Waals surface area contributed by atoms with Crippen LogP contribution in [0, 0.1) is 6.92 Å². The number of carbonyl (C=O) groups is 2. The lowest BCUT2D eigenvalue weighted by molar-refractivity contribution is 0.0696. The SMILES string of the molecule is Cc1ccc(C(=O)N2CCc3cc(C(=O)O)ccc32)s1. The number of aryl methyl sites for hydroxylation is 1. The van der Waals surface area contributed by atoms with E-state index in [0.29, 0.717) is 13.0 Å². The van der Waals surface area contributed by atoms with E-state index in [9.17, 15) is 9.59 Å². The highest BCUT2D eigenvalue weighted by atomic mass is 32.1. The summed E-state index contributed by atoms with van der Waals surface area (Å²) >= 11 is 1.48. The zero-order chi connectivity index (χ0) is 14.3. The van der Waals surface area contributed by atoms with Gasteiger partial charge in [-0.1, -0.05) is 0 Å². The Kier molecular flexibility index (Phi) is 3.06. The van der Waals surface area contributed by atoms with Gasteiger partial charge in [0.25, 0.3) is 5.91 Å². The van der Waals surface area contributed by atoms with Crippen LogP contribution in [0.25, 0.3) is 0 Å². The molecular weight excluding hydrogens is 274 g/mol. The molecule has 4 nitrogen and oxygen atoms in total. The number of nitrogens with zero attached hydrogens (tertiary/aromatic N) is 1. The number of hydrogen-bond acceptors (Lipinski definition) is 3. The summed E-state index contributed by atoms with van der Waals surface area (Å²) in [6.07, 6.45) is 0.701. The summed E-state index contributed by atoms with van der Waals surface area (Å²) < 4.78 is 0. The predicted octanol–water partition coefficient (Wildman–Crippen LogP) is 2.96. The number of benzene rings is 1. The molecule has 0 bridgehead atoms. The molecule has 20 heavy (non-hydrogen) atoms. The van der Waals surface area contributed by atoms with Crippen LogP contribution >= 0.6 is 11.3 Å². The van der Waals surface area contributed by atoms with Crippen molar-refractivity contribution in [3.8, 4) is 0 Å². The first-order chi connectivity index (χ1) is 9.56. The van der Waals surface area contributed by atoms with E-state index >= 15 is 0 Å². The van der Waals surface area contributed by atoms with Gasteiger partial charge in [0.2, 0.25) is 0 Å². The quantitative estimate of drug-likeness (QED) is 0.924. The van der Waals surface area contributed by atoms with Gasteiger partial charge in [-0.25, -0.2) is 4.79 Å². The van der Waals surface area contributed by atoms with Crippen molar-refractivity contribution < 1.29 is 14.7 Å². The molecule has 3 rings (SSSR count). The highest BCUT2D eigenvalue weighted by molar-refractivity contribution is 7.14. The van der Waals surface area contributed by atoms with E-state index in [1.807, 2.05) is 19.1 Å². The van der Waals surface area contributed by atoms with Crippen molar-refractivity contribution in [3.63, 3.8) is 0 Å². The average Bonchev–Trinajstić information content (AvgIpc) is 3.03. The third-order valence-corrected chi connectivity index (χ3v) is 4.41. The Hall–Kier alpha value is -2.14. The molecule has 0 unspecified atom stereocenters. The lowest BCUT2D eigenvalue weighted by atomic mass is 10.1. The summed E-state index contributed by atoms with van der Waals surface area (Å²) in [6, 6.07) is 8.70. The molecule has 0 saturated carbocycles. The van der Waals surface area contributed by atoms with Crippen molar-refractivity contribution in [2.75, 3.05) is 11.4 Å². The largest absolute Gasteiger partial charge is 0.478 e. The van der Waals surface area contributed by atoms with Gasteiger partial charge in [0.1, 0.15) is 0 Å². The molecule has 0 saturated heterocycles. The molecule has 0 aliphatic carbocycles. The fraction of sp³-hybridized carbons (Fsp3) is 0.200. The Morgan fingerprint density at radius 2 is 2.05 bits per heavy atom. The monoisotopic (exact) mass is 287 g/mol. The highest BCUT2D eigenvalue weighted by Crippen LogP contribution is 2.31. The molecule has 0 atom stereocenters. The first kappa shape index (κ1) is 12.9. The predicted molar refractivity (Wildman–Crippen MR) is 77.8 cm³/mol. The molecule has 0 radical (unpaired) electrons. The Morgan fingerprint density at radius 1 is 1.25 bits per heavy atom. The average molecular weight is 287 g/mol.